The zero-order valence-corrected chi connectivity index (χ0v) is 11.7. The van der Waals surface area contributed by atoms with Crippen molar-refractivity contribution in [1.29, 1.82) is 0 Å². The highest BCUT2D eigenvalue weighted by molar-refractivity contribution is 5.85. The number of rotatable bonds is 3. The van der Waals surface area contributed by atoms with Crippen molar-refractivity contribution in [3.8, 4) is 5.75 Å². The van der Waals surface area contributed by atoms with E-state index in [9.17, 15) is 0 Å². The van der Waals surface area contributed by atoms with Crippen LogP contribution in [-0.4, -0.2) is 17.1 Å². The van der Waals surface area contributed by atoms with Gasteiger partial charge in [-0.1, -0.05) is 27.7 Å². The Balaban J connectivity index is 2.78. The first-order chi connectivity index (χ1) is 8.56. The van der Waals surface area contributed by atoms with Crippen LogP contribution < -0.4 is 4.74 Å². The van der Waals surface area contributed by atoms with E-state index in [1.165, 1.54) is 5.56 Å². The first kappa shape index (κ1) is 12.8. The van der Waals surface area contributed by atoms with Crippen LogP contribution in [0.25, 0.3) is 11.0 Å². The molecular formula is C15H20N2O. The minimum absolute atomic E-state index is 0.376. The molecule has 0 amide bonds. The summed E-state index contributed by atoms with van der Waals surface area (Å²) in [5.74, 6) is 1.66. The van der Waals surface area contributed by atoms with Crippen LogP contribution in [0, 0.1) is 0 Å². The first-order valence-electron chi connectivity index (χ1n) is 6.37. The Hall–Kier alpha value is -1.64. The van der Waals surface area contributed by atoms with Crippen molar-refractivity contribution in [2.45, 2.75) is 39.5 Å². The van der Waals surface area contributed by atoms with Crippen molar-refractivity contribution in [1.82, 2.24) is 9.97 Å². The third-order valence-electron chi connectivity index (χ3n) is 3.21. The molecule has 0 aliphatic heterocycles. The van der Waals surface area contributed by atoms with Gasteiger partial charge in [-0.05, 0) is 23.5 Å². The third kappa shape index (κ3) is 2.05. The second kappa shape index (κ2) is 4.92. The highest BCUT2D eigenvalue weighted by Gasteiger charge is 2.16. The molecule has 3 heteroatoms. The monoisotopic (exact) mass is 244 g/mol. The van der Waals surface area contributed by atoms with Gasteiger partial charge in [-0.3, -0.25) is 9.97 Å². The third-order valence-corrected chi connectivity index (χ3v) is 3.21. The number of hydrogen-bond acceptors (Lipinski definition) is 3. The van der Waals surface area contributed by atoms with Crippen LogP contribution in [-0.2, 0) is 0 Å². The Kier molecular flexibility index (Phi) is 3.50. The lowest BCUT2D eigenvalue weighted by molar-refractivity contribution is 0.411. The molecule has 3 nitrogen and oxygen atoms in total. The smallest absolute Gasteiger partial charge is 0.151 e. The van der Waals surface area contributed by atoms with Crippen LogP contribution >= 0.6 is 0 Å². The molecule has 0 aliphatic rings. The molecule has 0 aromatic carbocycles. The van der Waals surface area contributed by atoms with E-state index in [4.69, 9.17) is 4.74 Å². The average molecular weight is 244 g/mol. The number of pyridine rings is 2. The van der Waals surface area contributed by atoms with Crippen molar-refractivity contribution in [3.63, 3.8) is 0 Å². The zero-order chi connectivity index (χ0) is 13.3. The Bertz CT molecular complexity index is 562. The molecule has 0 unspecified atom stereocenters. The summed E-state index contributed by atoms with van der Waals surface area (Å²) in [6.07, 6.45) is 3.76. The van der Waals surface area contributed by atoms with Crippen molar-refractivity contribution in [3.05, 3.63) is 29.6 Å². The summed E-state index contributed by atoms with van der Waals surface area (Å²) >= 11 is 0. The maximum atomic E-state index is 5.55. The molecule has 2 heterocycles. The maximum Gasteiger partial charge on any atom is 0.151 e. The fourth-order valence-corrected chi connectivity index (χ4v) is 2.19. The normalized spacial score (nSPS) is 11.5. The molecule has 0 saturated heterocycles. The van der Waals surface area contributed by atoms with Gasteiger partial charge < -0.3 is 4.74 Å². The number of fused-ring (bicyclic) bond motifs is 1. The molecule has 0 radical (unpaired) electrons. The van der Waals surface area contributed by atoms with Gasteiger partial charge >= 0.3 is 0 Å². The van der Waals surface area contributed by atoms with Gasteiger partial charge in [-0.15, -0.1) is 0 Å². The number of nitrogens with zero attached hydrogens (tertiary/aromatic N) is 2. The lowest BCUT2D eigenvalue weighted by atomic mass is 9.99. The Morgan fingerprint density at radius 3 is 2.17 bits per heavy atom. The Morgan fingerprint density at radius 1 is 0.944 bits per heavy atom. The van der Waals surface area contributed by atoms with Crippen LogP contribution in [0.1, 0.15) is 50.7 Å². The Labute approximate surface area is 108 Å². The molecule has 2 aromatic rings. The molecule has 0 saturated carbocycles. The average Bonchev–Trinajstić information content (AvgIpc) is 2.35. The van der Waals surface area contributed by atoms with Gasteiger partial charge in [0.2, 0.25) is 0 Å². The number of ether oxygens (including phenoxy) is 1. The lowest BCUT2D eigenvalue weighted by Crippen LogP contribution is -2.01. The molecule has 18 heavy (non-hydrogen) atoms. The van der Waals surface area contributed by atoms with E-state index in [2.05, 4.69) is 37.7 Å². The molecule has 0 spiro atoms. The standard InChI is InChI=1S/C15H20N2O/c1-9(2)11-6-7-16-14-13(11)17-8-12(10(3)4)15(14)18-5/h6-10H,1-5H3. The molecule has 96 valence electrons. The van der Waals surface area contributed by atoms with E-state index in [-0.39, 0.29) is 0 Å². The second-order valence-corrected chi connectivity index (χ2v) is 5.15. The van der Waals surface area contributed by atoms with Crippen LogP contribution in [0.2, 0.25) is 0 Å². The van der Waals surface area contributed by atoms with Crippen molar-refractivity contribution < 1.29 is 4.74 Å². The van der Waals surface area contributed by atoms with E-state index in [1.54, 1.807) is 7.11 Å². The molecule has 0 fully saturated rings. The number of aromatic nitrogens is 2. The molecule has 0 aliphatic carbocycles. The summed E-state index contributed by atoms with van der Waals surface area (Å²) in [5.41, 5.74) is 4.15. The fourth-order valence-electron chi connectivity index (χ4n) is 2.19. The highest BCUT2D eigenvalue weighted by atomic mass is 16.5. The fraction of sp³-hybridized carbons (Fsp3) is 0.467. The number of methoxy groups -OCH3 is 1. The Morgan fingerprint density at radius 2 is 1.61 bits per heavy atom. The van der Waals surface area contributed by atoms with Crippen LogP contribution in [0.5, 0.6) is 5.75 Å². The lowest BCUT2D eigenvalue weighted by Gasteiger charge is -2.15. The minimum atomic E-state index is 0.376. The molecule has 2 aromatic heterocycles. The van der Waals surface area contributed by atoms with Gasteiger partial charge in [-0.2, -0.15) is 0 Å². The topological polar surface area (TPSA) is 35.0 Å². The summed E-state index contributed by atoms with van der Waals surface area (Å²) in [7, 11) is 1.70. The molecule has 0 atom stereocenters. The van der Waals surface area contributed by atoms with E-state index in [0.717, 1.165) is 22.3 Å². The van der Waals surface area contributed by atoms with Gasteiger partial charge in [0.05, 0.1) is 12.6 Å². The zero-order valence-electron chi connectivity index (χ0n) is 11.7. The predicted molar refractivity (Wildman–Crippen MR) is 74.3 cm³/mol. The SMILES string of the molecule is COc1c(C(C)C)cnc2c(C(C)C)ccnc12. The predicted octanol–water partition coefficient (Wildman–Crippen LogP) is 3.89. The van der Waals surface area contributed by atoms with Crippen molar-refractivity contribution in [2.24, 2.45) is 0 Å². The van der Waals surface area contributed by atoms with Gasteiger partial charge in [0, 0.05) is 18.0 Å². The molecule has 0 bridgehead atoms. The van der Waals surface area contributed by atoms with Gasteiger partial charge in [-0.25, -0.2) is 0 Å². The molecule has 0 N–H and O–H groups in total. The quantitative estimate of drug-likeness (QED) is 0.821. The van der Waals surface area contributed by atoms with E-state index < -0.39 is 0 Å². The van der Waals surface area contributed by atoms with Gasteiger partial charge in [0.25, 0.3) is 0 Å². The van der Waals surface area contributed by atoms with Crippen LogP contribution in [0.4, 0.5) is 0 Å². The van der Waals surface area contributed by atoms with Gasteiger partial charge in [0.1, 0.15) is 5.52 Å². The van der Waals surface area contributed by atoms with E-state index in [1.807, 2.05) is 18.5 Å². The highest BCUT2D eigenvalue weighted by Crippen LogP contribution is 2.34. The van der Waals surface area contributed by atoms with E-state index >= 15 is 0 Å². The summed E-state index contributed by atoms with van der Waals surface area (Å²) < 4.78 is 5.55. The molecule has 2 rings (SSSR count). The van der Waals surface area contributed by atoms with Gasteiger partial charge in [0.15, 0.2) is 5.75 Å². The largest absolute Gasteiger partial charge is 0.494 e. The van der Waals surface area contributed by atoms with Crippen LogP contribution in [0.3, 0.4) is 0 Å². The summed E-state index contributed by atoms with van der Waals surface area (Å²) in [4.78, 5) is 9.04. The minimum Gasteiger partial charge on any atom is -0.494 e. The summed E-state index contributed by atoms with van der Waals surface area (Å²) in [5, 5.41) is 0. The van der Waals surface area contributed by atoms with Crippen molar-refractivity contribution in [2.75, 3.05) is 7.11 Å². The second-order valence-electron chi connectivity index (χ2n) is 5.15. The van der Waals surface area contributed by atoms with Crippen LogP contribution in [0.15, 0.2) is 18.5 Å². The maximum absolute atomic E-state index is 5.55. The number of hydrogen-bond donors (Lipinski definition) is 0. The summed E-state index contributed by atoms with van der Waals surface area (Å²) in [6.45, 7) is 8.61. The van der Waals surface area contributed by atoms with Crippen molar-refractivity contribution >= 4 is 11.0 Å². The first-order valence-corrected chi connectivity index (χ1v) is 6.37. The molecular weight excluding hydrogens is 224 g/mol. The summed E-state index contributed by atoms with van der Waals surface area (Å²) in [6, 6.07) is 2.04. The van der Waals surface area contributed by atoms with E-state index in [0.29, 0.717) is 11.8 Å².